The molecule has 1 saturated carbocycles. The van der Waals surface area contributed by atoms with Gasteiger partial charge < -0.3 is 21.3 Å². The van der Waals surface area contributed by atoms with Gasteiger partial charge in [0.15, 0.2) is 0 Å². The lowest BCUT2D eigenvalue weighted by molar-refractivity contribution is -0.128. The van der Waals surface area contributed by atoms with Gasteiger partial charge in [0.25, 0.3) is 0 Å². The Morgan fingerprint density at radius 3 is 2.54 bits per heavy atom. The molecule has 26 heavy (non-hydrogen) atoms. The fourth-order valence-electron chi connectivity index (χ4n) is 3.52. The Kier molecular flexibility index (Phi) is 6.89. The molecule has 1 aromatic carbocycles. The summed E-state index contributed by atoms with van der Waals surface area (Å²) in [5.41, 5.74) is 6.35. The van der Waals surface area contributed by atoms with E-state index in [-0.39, 0.29) is 35.8 Å². The highest BCUT2D eigenvalue weighted by atomic mass is 35.5. The number of benzene rings is 1. The molecule has 2 aliphatic rings. The topological polar surface area (TPSA) is 87.5 Å². The summed E-state index contributed by atoms with van der Waals surface area (Å²) < 4.78 is 0. The first-order chi connectivity index (χ1) is 12.0. The molecule has 3 rings (SSSR count). The minimum atomic E-state index is -0.314. The van der Waals surface area contributed by atoms with Gasteiger partial charge in [0.05, 0.1) is 11.5 Å². The summed E-state index contributed by atoms with van der Waals surface area (Å²) in [5, 5.41) is 6.06. The number of nitrogens with two attached hydrogens (primary N) is 1. The van der Waals surface area contributed by atoms with Crippen molar-refractivity contribution in [3.8, 4) is 0 Å². The number of piperidine rings is 1. The summed E-state index contributed by atoms with van der Waals surface area (Å²) in [6.07, 6.45) is 3.91. The monoisotopic (exact) mass is 380 g/mol. The zero-order valence-corrected chi connectivity index (χ0v) is 16.1. The largest absolute Gasteiger partial charge is 0.349 e. The van der Waals surface area contributed by atoms with E-state index in [1.165, 1.54) is 0 Å². The molecule has 1 aliphatic carbocycles. The molecule has 0 spiro atoms. The third-order valence-corrected chi connectivity index (χ3v) is 5.42. The maximum absolute atomic E-state index is 12.7. The quantitative estimate of drug-likeness (QED) is 0.733. The summed E-state index contributed by atoms with van der Waals surface area (Å²) in [5.74, 6) is 0.347. The molecule has 144 valence electrons. The predicted molar refractivity (Wildman–Crippen MR) is 105 cm³/mol. The number of carbonyl (C=O) groups is 2. The Labute approximate surface area is 161 Å². The fraction of sp³-hybridized carbons (Fsp3) is 0.579. The number of hydrogen-bond donors (Lipinski definition) is 3. The lowest BCUT2D eigenvalue weighted by Gasteiger charge is -2.35. The van der Waals surface area contributed by atoms with E-state index in [2.05, 4.69) is 10.6 Å². The van der Waals surface area contributed by atoms with Crippen LogP contribution in [0.5, 0.6) is 0 Å². The number of rotatable bonds is 5. The number of likely N-dealkylation sites (tertiary alicyclic amines) is 1. The van der Waals surface area contributed by atoms with Gasteiger partial charge in [0.1, 0.15) is 0 Å². The Morgan fingerprint density at radius 1 is 1.23 bits per heavy atom. The average molecular weight is 381 g/mol. The molecule has 7 heteroatoms. The van der Waals surface area contributed by atoms with E-state index in [9.17, 15) is 9.59 Å². The number of halogens is 1. The number of carbonyl (C=O) groups excluding carboxylic acids is 2. The van der Waals surface area contributed by atoms with Crippen molar-refractivity contribution >= 4 is 30.0 Å². The lowest BCUT2D eigenvalue weighted by atomic mass is 9.92. The molecule has 1 saturated heterocycles. The highest BCUT2D eigenvalue weighted by molar-refractivity contribution is 5.90. The Balaban J connectivity index is 0.00000243. The zero-order chi connectivity index (χ0) is 17.9. The van der Waals surface area contributed by atoms with Crippen molar-refractivity contribution < 1.29 is 9.59 Å². The normalized spacial score (nSPS) is 21.9. The van der Waals surface area contributed by atoms with Crippen molar-refractivity contribution in [2.75, 3.05) is 25.0 Å². The number of nitrogens with zero attached hydrogens (tertiary/aromatic N) is 1. The molecular formula is C19H29ClN4O2. The molecule has 1 aromatic rings. The van der Waals surface area contributed by atoms with Gasteiger partial charge in [-0.1, -0.05) is 18.2 Å². The third kappa shape index (κ3) is 4.89. The molecule has 2 fully saturated rings. The van der Waals surface area contributed by atoms with E-state index in [0.717, 1.165) is 31.4 Å². The van der Waals surface area contributed by atoms with Crippen LogP contribution in [-0.2, 0) is 4.79 Å². The van der Waals surface area contributed by atoms with Crippen LogP contribution in [0.15, 0.2) is 30.3 Å². The van der Waals surface area contributed by atoms with Crippen LogP contribution in [0.25, 0.3) is 0 Å². The summed E-state index contributed by atoms with van der Waals surface area (Å²) in [6.45, 7) is 3.62. The van der Waals surface area contributed by atoms with Crippen molar-refractivity contribution in [1.82, 2.24) is 10.2 Å². The van der Waals surface area contributed by atoms with Gasteiger partial charge in [0, 0.05) is 25.3 Å². The maximum Gasteiger partial charge on any atom is 0.321 e. The Hall–Kier alpha value is -1.79. The summed E-state index contributed by atoms with van der Waals surface area (Å²) in [4.78, 5) is 26.9. The second-order valence-electron chi connectivity index (χ2n) is 7.47. The van der Waals surface area contributed by atoms with Gasteiger partial charge in [-0.15, -0.1) is 12.4 Å². The summed E-state index contributed by atoms with van der Waals surface area (Å²) >= 11 is 0. The van der Waals surface area contributed by atoms with Crippen molar-refractivity contribution in [2.24, 2.45) is 17.6 Å². The van der Waals surface area contributed by atoms with E-state index < -0.39 is 0 Å². The third-order valence-electron chi connectivity index (χ3n) is 5.42. The number of amides is 3. The van der Waals surface area contributed by atoms with Crippen molar-refractivity contribution in [1.29, 1.82) is 0 Å². The molecule has 0 aromatic heterocycles. The maximum atomic E-state index is 12.7. The number of nitrogens with one attached hydrogen (secondary N) is 2. The molecule has 3 amide bonds. The van der Waals surface area contributed by atoms with Gasteiger partial charge in [-0.2, -0.15) is 0 Å². The van der Waals surface area contributed by atoms with Gasteiger partial charge in [-0.05, 0) is 50.7 Å². The molecular weight excluding hydrogens is 352 g/mol. The SMILES string of the molecule is CC(CN)(NC(=O)C1CCCN(C(=O)Nc2ccccc2)C1)C1CC1.Cl. The fourth-order valence-corrected chi connectivity index (χ4v) is 3.52. The van der Waals surface area contributed by atoms with E-state index in [4.69, 9.17) is 5.73 Å². The first-order valence-corrected chi connectivity index (χ1v) is 9.15. The molecule has 0 radical (unpaired) electrons. The second kappa shape index (κ2) is 8.73. The minimum absolute atomic E-state index is 0. The molecule has 4 N–H and O–H groups in total. The molecule has 1 heterocycles. The first kappa shape index (κ1) is 20.5. The van der Waals surface area contributed by atoms with E-state index in [0.29, 0.717) is 25.6 Å². The minimum Gasteiger partial charge on any atom is -0.349 e. The number of hydrogen-bond acceptors (Lipinski definition) is 3. The predicted octanol–water partition coefficient (Wildman–Crippen LogP) is 2.60. The van der Waals surface area contributed by atoms with E-state index in [1.807, 2.05) is 37.3 Å². The average Bonchev–Trinajstić information content (AvgIpc) is 3.48. The van der Waals surface area contributed by atoms with Crippen LogP contribution in [0, 0.1) is 11.8 Å². The molecule has 2 atom stereocenters. The van der Waals surface area contributed by atoms with Crippen LogP contribution >= 0.6 is 12.4 Å². The second-order valence-corrected chi connectivity index (χ2v) is 7.47. The summed E-state index contributed by atoms with van der Waals surface area (Å²) in [6, 6.07) is 9.24. The number of urea groups is 1. The zero-order valence-electron chi connectivity index (χ0n) is 15.2. The van der Waals surface area contributed by atoms with Gasteiger partial charge >= 0.3 is 6.03 Å². The van der Waals surface area contributed by atoms with E-state index in [1.54, 1.807) is 4.90 Å². The molecule has 6 nitrogen and oxygen atoms in total. The highest BCUT2D eigenvalue weighted by Crippen LogP contribution is 2.39. The lowest BCUT2D eigenvalue weighted by Crippen LogP contribution is -2.56. The van der Waals surface area contributed by atoms with Crippen molar-refractivity contribution in [3.63, 3.8) is 0 Å². The smallest absolute Gasteiger partial charge is 0.321 e. The van der Waals surface area contributed by atoms with Gasteiger partial charge in [-0.25, -0.2) is 4.79 Å². The van der Waals surface area contributed by atoms with Crippen molar-refractivity contribution in [2.45, 2.75) is 38.1 Å². The van der Waals surface area contributed by atoms with Crippen LogP contribution < -0.4 is 16.4 Å². The Morgan fingerprint density at radius 2 is 1.92 bits per heavy atom. The first-order valence-electron chi connectivity index (χ1n) is 9.15. The van der Waals surface area contributed by atoms with Crippen LogP contribution in [0.4, 0.5) is 10.5 Å². The van der Waals surface area contributed by atoms with Crippen LogP contribution in [0.3, 0.4) is 0 Å². The van der Waals surface area contributed by atoms with Crippen molar-refractivity contribution in [3.05, 3.63) is 30.3 Å². The molecule has 0 bridgehead atoms. The van der Waals surface area contributed by atoms with Crippen LogP contribution in [-0.4, -0.2) is 42.0 Å². The standard InChI is InChI=1S/C19H28N4O2.ClH/c1-19(13-20,15-9-10-15)22-17(24)14-6-5-11-23(12-14)18(25)21-16-7-3-2-4-8-16;/h2-4,7-8,14-15H,5-6,9-13,20H2,1H3,(H,21,25)(H,22,24);1H. The number of anilines is 1. The highest BCUT2D eigenvalue weighted by Gasteiger charge is 2.42. The number of para-hydroxylation sites is 1. The molecule has 1 aliphatic heterocycles. The van der Waals surface area contributed by atoms with Crippen LogP contribution in [0.1, 0.15) is 32.6 Å². The molecule has 2 unspecified atom stereocenters. The van der Waals surface area contributed by atoms with Gasteiger partial charge in [-0.3, -0.25) is 4.79 Å². The van der Waals surface area contributed by atoms with E-state index >= 15 is 0 Å². The Bertz CT molecular complexity index is 623. The van der Waals surface area contributed by atoms with Gasteiger partial charge in [0.2, 0.25) is 5.91 Å². The summed E-state index contributed by atoms with van der Waals surface area (Å²) in [7, 11) is 0. The van der Waals surface area contributed by atoms with Crippen LogP contribution in [0.2, 0.25) is 0 Å².